The Morgan fingerprint density at radius 2 is 1.13 bits per heavy atom. The van der Waals surface area contributed by atoms with Gasteiger partial charge in [-0.25, -0.2) is 0 Å². The fourth-order valence-electron chi connectivity index (χ4n) is 3.02. The summed E-state index contributed by atoms with van der Waals surface area (Å²) in [5.74, 6) is 0.312. The van der Waals surface area contributed by atoms with Gasteiger partial charge in [-0.1, -0.05) is 90.2 Å². The maximum atomic E-state index is 10.7. The SMILES string of the molecule is CCCCCCCCC=CCCCCCCCCC(C=O)CC. The Hall–Kier alpha value is -0.590. The van der Waals surface area contributed by atoms with E-state index in [2.05, 4.69) is 26.0 Å². The quantitative estimate of drug-likeness (QED) is 0.144. The van der Waals surface area contributed by atoms with Crippen LogP contribution < -0.4 is 0 Å². The molecule has 0 saturated heterocycles. The molecule has 0 aromatic heterocycles. The van der Waals surface area contributed by atoms with Crippen LogP contribution in [0.5, 0.6) is 0 Å². The Bertz CT molecular complexity index is 257. The number of hydrogen-bond donors (Lipinski definition) is 0. The molecule has 0 aliphatic carbocycles. The molecule has 0 aromatic carbocycles. The van der Waals surface area contributed by atoms with Crippen LogP contribution >= 0.6 is 0 Å². The summed E-state index contributed by atoms with van der Waals surface area (Å²) < 4.78 is 0. The minimum atomic E-state index is 0.312. The Morgan fingerprint density at radius 1 is 0.652 bits per heavy atom. The molecule has 0 aliphatic heterocycles. The van der Waals surface area contributed by atoms with Gasteiger partial charge in [-0.2, -0.15) is 0 Å². The number of hydrogen-bond acceptors (Lipinski definition) is 1. The topological polar surface area (TPSA) is 17.1 Å². The largest absolute Gasteiger partial charge is 0.303 e. The molecule has 1 nitrogen and oxygen atoms in total. The minimum Gasteiger partial charge on any atom is -0.303 e. The van der Waals surface area contributed by atoms with Gasteiger partial charge in [0.1, 0.15) is 6.29 Å². The fourth-order valence-corrected chi connectivity index (χ4v) is 3.02. The van der Waals surface area contributed by atoms with Crippen LogP contribution in [0.15, 0.2) is 12.2 Å². The third-order valence-corrected chi connectivity index (χ3v) is 4.80. The first-order valence-electron chi connectivity index (χ1n) is 10.4. The van der Waals surface area contributed by atoms with E-state index in [9.17, 15) is 4.79 Å². The lowest BCUT2D eigenvalue weighted by Gasteiger charge is -2.06. The molecule has 0 aliphatic rings. The van der Waals surface area contributed by atoms with Crippen LogP contribution in [-0.4, -0.2) is 6.29 Å². The molecule has 1 unspecified atom stereocenters. The zero-order valence-electron chi connectivity index (χ0n) is 16.0. The van der Waals surface area contributed by atoms with Crippen LogP contribution in [0.2, 0.25) is 0 Å². The number of rotatable bonds is 18. The second kappa shape index (κ2) is 19.5. The maximum absolute atomic E-state index is 10.7. The lowest BCUT2D eigenvalue weighted by Crippen LogP contribution is -1.99. The van der Waals surface area contributed by atoms with Crippen LogP contribution in [-0.2, 0) is 4.79 Å². The molecular weight excluding hydrogens is 280 g/mol. The Labute approximate surface area is 146 Å². The highest BCUT2D eigenvalue weighted by Crippen LogP contribution is 2.14. The molecule has 136 valence electrons. The van der Waals surface area contributed by atoms with Gasteiger partial charge in [0.25, 0.3) is 0 Å². The van der Waals surface area contributed by atoms with Crippen molar-refractivity contribution in [1.29, 1.82) is 0 Å². The van der Waals surface area contributed by atoms with Crippen molar-refractivity contribution >= 4 is 6.29 Å². The predicted molar refractivity (Wildman–Crippen MR) is 104 cm³/mol. The first kappa shape index (κ1) is 22.4. The average Bonchev–Trinajstić information content (AvgIpc) is 2.58. The molecule has 0 heterocycles. The van der Waals surface area contributed by atoms with E-state index in [0.717, 1.165) is 19.1 Å². The van der Waals surface area contributed by atoms with Crippen molar-refractivity contribution < 1.29 is 4.79 Å². The van der Waals surface area contributed by atoms with Crippen molar-refractivity contribution in [3.05, 3.63) is 12.2 Å². The van der Waals surface area contributed by atoms with Crippen molar-refractivity contribution in [2.75, 3.05) is 0 Å². The van der Waals surface area contributed by atoms with Gasteiger partial charge in [0.2, 0.25) is 0 Å². The highest BCUT2D eigenvalue weighted by molar-refractivity contribution is 5.53. The lowest BCUT2D eigenvalue weighted by atomic mass is 9.99. The van der Waals surface area contributed by atoms with E-state index in [1.54, 1.807) is 0 Å². The highest BCUT2D eigenvalue weighted by atomic mass is 16.1. The summed E-state index contributed by atoms with van der Waals surface area (Å²) >= 11 is 0. The van der Waals surface area contributed by atoms with E-state index in [4.69, 9.17) is 0 Å². The van der Waals surface area contributed by atoms with Gasteiger partial charge in [-0.05, 0) is 38.5 Å². The molecule has 0 amide bonds. The predicted octanol–water partition coefficient (Wildman–Crippen LogP) is 7.64. The zero-order valence-corrected chi connectivity index (χ0v) is 16.0. The first-order chi connectivity index (χ1) is 11.3. The van der Waals surface area contributed by atoms with Gasteiger partial charge in [-0.15, -0.1) is 0 Å². The molecule has 0 bridgehead atoms. The summed E-state index contributed by atoms with van der Waals surface area (Å²) in [6, 6.07) is 0. The zero-order chi connectivity index (χ0) is 17.0. The number of carbonyl (C=O) groups excluding carboxylic acids is 1. The van der Waals surface area contributed by atoms with Gasteiger partial charge in [0, 0.05) is 5.92 Å². The molecule has 0 saturated carbocycles. The monoisotopic (exact) mass is 322 g/mol. The van der Waals surface area contributed by atoms with E-state index in [1.165, 1.54) is 89.9 Å². The van der Waals surface area contributed by atoms with Crippen LogP contribution in [0.25, 0.3) is 0 Å². The normalized spacial score (nSPS) is 12.8. The van der Waals surface area contributed by atoms with Gasteiger partial charge in [0.15, 0.2) is 0 Å². The van der Waals surface area contributed by atoms with Crippen molar-refractivity contribution in [2.45, 2.75) is 117 Å². The van der Waals surface area contributed by atoms with Crippen LogP contribution in [0, 0.1) is 5.92 Å². The van der Waals surface area contributed by atoms with Gasteiger partial charge in [-0.3, -0.25) is 0 Å². The molecule has 0 spiro atoms. The molecular formula is C22H42O. The summed E-state index contributed by atoms with van der Waals surface area (Å²) in [7, 11) is 0. The van der Waals surface area contributed by atoms with Crippen molar-refractivity contribution in [3.63, 3.8) is 0 Å². The summed E-state index contributed by atoms with van der Waals surface area (Å²) in [4.78, 5) is 10.7. The number of allylic oxidation sites excluding steroid dienone is 2. The van der Waals surface area contributed by atoms with Crippen molar-refractivity contribution in [3.8, 4) is 0 Å². The Morgan fingerprint density at radius 3 is 1.61 bits per heavy atom. The maximum Gasteiger partial charge on any atom is 0.123 e. The van der Waals surface area contributed by atoms with E-state index < -0.39 is 0 Å². The molecule has 0 rings (SSSR count). The lowest BCUT2D eigenvalue weighted by molar-refractivity contribution is -0.111. The summed E-state index contributed by atoms with van der Waals surface area (Å²) in [5.41, 5.74) is 0. The van der Waals surface area contributed by atoms with Crippen LogP contribution in [0.3, 0.4) is 0 Å². The van der Waals surface area contributed by atoms with Crippen molar-refractivity contribution in [1.82, 2.24) is 0 Å². The highest BCUT2D eigenvalue weighted by Gasteiger charge is 2.02. The van der Waals surface area contributed by atoms with Gasteiger partial charge >= 0.3 is 0 Å². The number of unbranched alkanes of at least 4 members (excludes halogenated alkanes) is 12. The molecule has 0 N–H and O–H groups in total. The molecule has 1 atom stereocenters. The fraction of sp³-hybridized carbons (Fsp3) is 0.864. The Kier molecular flexibility index (Phi) is 19.0. The van der Waals surface area contributed by atoms with Gasteiger partial charge in [0.05, 0.1) is 0 Å². The molecule has 23 heavy (non-hydrogen) atoms. The first-order valence-corrected chi connectivity index (χ1v) is 10.4. The van der Waals surface area contributed by atoms with E-state index in [-0.39, 0.29) is 0 Å². The third-order valence-electron chi connectivity index (χ3n) is 4.80. The standard InChI is InChI=1S/C22H42O/c1-3-5-6-7-8-9-10-11-12-13-14-15-16-17-18-19-20-22(4-2)21-23/h11-12,21-22H,3-10,13-20H2,1-2H3. The second-order valence-electron chi connectivity index (χ2n) is 7.03. The second-order valence-corrected chi connectivity index (χ2v) is 7.03. The smallest absolute Gasteiger partial charge is 0.123 e. The molecule has 0 fully saturated rings. The van der Waals surface area contributed by atoms with Crippen LogP contribution in [0.1, 0.15) is 117 Å². The number of carbonyl (C=O) groups is 1. The minimum absolute atomic E-state index is 0.312. The van der Waals surface area contributed by atoms with E-state index in [0.29, 0.717) is 5.92 Å². The summed E-state index contributed by atoms with van der Waals surface area (Å²) in [6.45, 7) is 4.39. The molecule has 1 heteroatoms. The van der Waals surface area contributed by atoms with E-state index in [1.807, 2.05) is 0 Å². The van der Waals surface area contributed by atoms with E-state index >= 15 is 0 Å². The average molecular weight is 323 g/mol. The van der Waals surface area contributed by atoms with Crippen LogP contribution in [0.4, 0.5) is 0 Å². The van der Waals surface area contributed by atoms with Gasteiger partial charge < -0.3 is 4.79 Å². The summed E-state index contributed by atoms with van der Waals surface area (Å²) in [5, 5.41) is 0. The third kappa shape index (κ3) is 17.6. The van der Waals surface area contributed by atoms with Crippen molar-refractivity contribution in [2.24, 2.45) is 5.92 Å². The molecule has 0 aromatic rings. The molecule has 0 radical (unpaired) electrons. The summed E-state index contributed by atoms with van der Waals surface area (Å²) in [6.07, 6.45) is 26.9. The number of aldehydes is 1. The Balaban J connectivity index is 3.15.